The van der Waals surface area contributed by atoms with Crippen LogP contribution >= 0.6 is 34.8 Å². The van der Waals surface area contributed by atoms with Gasteiger partial charge in [0, 0.05) is 24.0 Å². The van der Waals surface area contributed by atoms with Gasteiger partial charge in [-0.15, -0.1) is 11.6 Å². The summed E-state index contributed by atoms with van der Waals surface area (Å²) >= 11 is 17.9. The normalized spacial score (nSPS) is 18.4. The fourth-order valence-electron chi connectivity index (χ4n) is 2.37. The summed E-state index contributed by atoms with van der Waals surface area (Å²) in [5, 5.41) is 1.05. The summed E-state index contributed by atoms with van der Waals surface area (Å²) in [7, 11) is 0. The van der Waals surface area contributed by atoms with Crippen LogP contribution in [0.2, 0.25) is 10.0 Å². The molecule has 0 N–H and O–H groups in total. The van der Waals surface area contributed by atoms with Crippen LogP contribution in [-0.2, 0) is 0 Å². The Bertz CT molecular complexity index is 468. The van der Waals surface area contributed by atoms with Gasteiger partial charge in [0.1, 0.15) is 0 Å². The molecule has 0 spiro atoms. The molecule has 1 aliphatic heterocycles. The third-order valence-electron chi connectivity index (χ3n) is 3.64. The van der Waals surface area contributed by atoms with Crippen LogP contribution in [0.1, 0.15) is 30.1 Å². The second-order valence-electron chi connectivity index (χ2n) is 4.94. The highest BCUT2D eigenvalue weighted by atomic mass is 35.5. The van der Waals surface area contributed by atoms with E-state index in [2.05, 4.69) is 0 Å². The topological polar surface area (TPSA) is 20.3 Å². The van der Waals surface area contributed by atoms with Gasteiger partial charge in [-0.25, -0.2) is 0 Å². The third kappa shape index (κ3) is 3.56. The van der Waals surface area contributed by atoms with Gasteiger partial charge >= 0.3 is 0 Å². The predicted molar refractivity (Wildman–Crippen MR) is 80.4 cm³/mol. The number of piperidine rings is 1. The van der Waals surface area contributed by atoms with Crippen LogP contribution in [-0.4, -0.2) is 29.3 Å². The van der Waals surface area contributed by atoms with Crippen molar-refractivity contribution in [1.29, 1.82) is 0 Å². The molecular formula is C14H16Cl3NO. The number of hydrogen-bond donors (Lipinski definition) is 0. The van der Waals surface area contributed by atoms with Gasteiger partial charge in [0.2, 0.25) is 0 Å². The largest absolute Gasteiger partial charge is 0.339 e. The minimum Gasteiger partial charge on any atom is -0.339 e. The zero-order valence-electron chi connectivity index (χ0n) is 10.7. The lowest BCUT2D eigenvalue weighted by Gasteiger charge is -2.33. The maximum Gasteiger partial charge on any atom is 0.253 e. The molecule has 1 aromatic carbocycles. The average Bonchev–Trinajstić information content (AvgIpc) is 2.41. The summed E-state index contributed by atoms with van der Waals surface area (Å²) in [4.78, 5) is 14.2. The smallest absolute Gasteiger partial charge is 0.253 e. The number of nitrogens with zero attached hydrogens (tertiary/aromatic N) is 1. The van der Waals surface area contributed by atoms with E-state index in [4.69, 9.17) is 34.8 Å². The molecule has 1 saturated heterocycles. The molecule has 5 heteroatoms. The van der Waals surface area contributed by atoms with Gasteiger partial charge in [0.15, 0.2) is 0 Å². The molecule has 1 unspecified atom stereocenters. The summed E-state index contributed by atoms with van der Waals surface area (Å²) < 4.78 is 0. The van der Waals surface area contributed by atoms with E-state index in [1.165, 1.54) is 0 Å². The molecule has 1 aliphatic rings. The summed E-state index contributed by atoms with van der Waals surface area (Å²) in [6.07, 6.45) is 1.91. The zero-order chi connectivity index (χ0) is 14.0. The summed E-state index contributed by atoms with van der Waals surface area (Å²) in [5.74, 6) is 0.513. The van der Waals surface area contributed by atoms with Crippen LogP contribution < -0.4 is 0 Å². The van der Waals surface area contributed by atoms with Crippen molar-refractivity contribution >= 4 is 40.7 Å². The van der Waals surface area contributed by atoms with Crippen LogP contribution in [0.15, 0.2) is 18.2 Å². The predicted octanol–water partition coefficient (Wildman–Crippen LogP) is 4.47. The van der Waals surface area contributed by atoms with Crippen molar-refractivity contribution in [3.8, 4) is 0 Å². The van der Waals surface area contributed by atoms with Gasteiger partial charge in [0.25, 0.3) is 5.91 Å². The van der Waals surface area contributed by atoms with Gasteiger partial charge in [-0.2, -0.15) is 0 Å². The van der Waals surface area contributed by atoms with Gasteiger partial charge in [-0.05, 0) is 43.9 Å². The monoisotopic (exact) mass is 319 g/mol. The van der Waals surface area contributed by atoms with Crippen molar-refractivity contribution in [3.63, 3.8) is 0 Å². The standard InChI is InChI=1S/C14H16Cl3NO/c1-9(15)10-4-6-18(7-5-10)14(19)11-2-3-12(16)13(17)8-11/h2-3,8-10H,4-7H2,1H3. The summed E-state index contributed by atoms with van der Waals surface area (Å²) in [6, 6.07) is 5.00. The fraction of sp³-hybridized carbons (Fsp3) is 0.500. The van der Waals surface area contributed by atoms with E-state index in [0.29, 0.717) is 21.5 Å². The highest BCUT2D eigenvalue weighted by Gasteiger charge is 2.26. The molecular weight excluding hydrogens is 305 g/mol. The highest BCUT2D eigenvalue weighted by molar-refractivity contribution is 6.42. The lowest BCUT2D eigenvalue weighted by Crippen LogP contribution is -2.40. The Morgan fingerprint density at radius 3 is 2.42 bits per heavy atom. The molecule has 1 aromatic rings. The molecule has 0 radical (unpaired) electrons. The average molecular weight is 321 g/mol. The number of hydrogen-bond acceptors (Lipinski definition) is 1. The molecule has 1 atom stereocenters. The molecule has 104 valence electrons. The van der Waals surface area contributed by atoms with E-state index in [9.17, 15) is 4.79 Å². The quantitative estimate of drug-likeness (QED) is 0.736. The van der Waals surface area contributed by atoms with E-state index in [1.54, 1.807) is 18.2 Å². The first-order valence-corrected chi connectivity index (χ1v) is 7.56. The zero-order valence-corrected chi connectivity index (χ0v) is 13.0. The number of amides is 1. The minimum absolute atomic E-state index is 0.0132. The Hall–Kier alpha value is -0.440. The maximum absolute atomic E-state index is 12.3. The highest BCUT2D eigenvalue weighted by Crippen LogP contribution is 2.27. The number of alkyl halides is 1. The number of halogens is 3. The Labute approximate surface area is 128 Å². The van der Waals surface area contributed by atoms with Crippen molar-refractivity contribution in [2.45, 2.75) is 25.1 Å². The first kappa shape index (κ1) is 15.0. The second kappa shape index (κ2) is 6.34. The van der Waals surface area contributed by atoms with E-state index in [0.717, 1.165) is 25.9 Å². The van der Waals surface area contributed by atoms with Crippen LogP contribution in [0, 0.1) is 5.92 Å². The molecule has 0 saturated carbocycles. The van der Waals surface area contributed by atoms with Gasteiger partial charge in [-0.3, -0.25) is 4.79 Å². The fourth-order valence-corrected chi connectivity index (χ4v) is 2.92. The van der Waals surface area contributed by atoms with Crippen LogP contribution in [0.25, 0.3) is 0 Å². The van der Waals surface area contributed by atoms with Gasteiger partial charge in [0.05, 0.1) is 10.0 Å². The van der Waals surface area contributed by atoms with Crippen molar-refractivity contribution in [1.82, 2.24) is 4.90 Å². The first-order chi connectivity index (χ1) is 8.99. The number of carbonyl (C=O) groups excluding carboxylic acids is 1. The van der Waals surface area contributed by atoms with Crippen LogP contribution in [0.5, 0.6) is 0 Å². The van der Waals surface area contributed by atoms with E-state index in [1.807, 2.05) is 11.8 Å². The summed E-state index contributed by atoms with van der Waals surface area (Å²) in [5.41, 5.74) is 0.590. The molecule has 1 amide bonds. The number of carbonyl (C=O) groups is 1. The minimum atomic E-state index is 0.0132. The van der Waals surface area contributed by atoms with E-state index < -0.39 is 0 Å². The SMILES string of the molecule is CC(Cl)C1CCN(C(=O)c2ccc(Cl)c(Cl)c2)CC1. The summed E-state index contributed by atoms with van der Waals surface area (Å²) in [6.45, 7) is 3.52. The van der Waals surface area contributed by atoms with Gasteiger partial charge in [-0.1, -0.05) is 23.2 Å². The van der Waals surface area contributed by atoms with Crippen molar-refractivity contribution in [3.05, 3.63) is 33.8 Å². The third-order valence-corrected chi connectivity index (χ3v) is 4.74. The van der Waals surface area contributed by atoms with Crippen molar-refractivity contribution in [2.75, 3.05) is 13.1 Å². The molecule has 2 rings (SSSR count). The Morgan fingerprint density at radius 1 is 1.26 bits per heavy atom. The van der Waals surface area contributed by atoms with Crippen molar-refractivity contribution < 1.29 is 4.79 Å². The Balaban J connectivity index is 2.03. The molecule has 19 heavy (non-hydrogen) atoms. The lowest BCUT2D eigenvalue weighted by molar-refractivity contribution is 0.0690. The molecule has 1 heterocycles. The molecule has 2 nitrogen and oxygen atoms in total. The number of likely N-dealkylation sites (tertiary alicyclic amines) is 1. The maximum atomic E-state index is 12.3. The number of rotatable bonds is 2. The second-order valence-corrected chi connectivity index (χ2v) is 6.44. The first-order valence-electron chi connectivity index (χ1n) is 6.37. The van der Waals surface area contributed by atoms with E-state index >= 15 is 0 Å². The molecule has 0 bridgehead atoms. The number of benzene rings is 1. The Kier molecular flexibility index (Phi) is 4.99. The van der Waals surface area contributed by atoms with Crippen LogP contribution in [0.4, 0.5) is 0 Å². The van der Waals surface area contributed by atoms with Gasteiger partial charge < -0.3 is 4.90 Å². The van der Waals surface area contributed by atoms with E-state index in [-0.39, 0.29) is 11.3 Å². The molecule has 0 aromatic heterocycles. The Morgan fingerprint density at radius 2 is 1.89 bits per heavy atom. The van der Waals surface area contributed by atoms with Crippen LogP contribution in [0.3, 0.4) is 0 Å². The van der Waals surface area contributed by atoms with Crippen molar-refractivity contribution in [2.24, 2.45) is 5.92 Å². The lowest BCUT2D eigenvalue weighted by atomic mass is 9.93. The molecule has 0 aliphatic carbocycles. The molecule has 1 fully saturated rings.